The topological polar surface area (TPSA) is 29.9 Å². The average Bonchev–Trinajstić information content (AvgIpc) is 2.81. The summed E-state index contributed by atoms with van der Waals surface area (Å²) in [6.07, 6.45) is 3.79. The Morgan fingerprint density at radius 2 is 2.22 bits per heavy atom. The minimum absolute atomic E-state index is 0.0301. The molecule has 0 aliphatic rings. The average molecular weight is 247 g/mol. The maximum Gasteiger partial charge on any atom is 0.146 e. The van der Waals surface area contributed by atoms with E-state index in [0.29, 0.717) is 5.69 Å². The monoisotopic (exact) mass is 247 g/mol. The fourth-order valence-corrected chi connectivity index (χ4v) is 1.83. The van der Waals surface area contributed by atoms with E-state index in [2.05, 4.69) is 10.4 Å². The highest BCUT2D eigenvalue weighted by atomic mass is 19.1. The molecule has 0 amide bonds. The highest BCUT2D eigenvalue weighted by Gasteiger charge is 2.10. The Hall–Kier alpha value is -1.84. The van der Waals surface area contributed by atoms with E-state index < -0.39 is 0 Å². The molecule has 1 unspecified atom stereocenters. The van der Waals surface area contributed by atoms with Gasteiger partial charge in [-0.3, -0.25) is 4.68 Å². The molecule has 0 fully saturated rings. The molecule has 4 heteroatoms. The first-order valence-corrected chi connectivity index (χ1v) is 6.15. The number of aromatic nitrogens is 2. The smallest absolute Gasteiger partial charge is 0.146 e. The largest absolute Gasteiger partial charge is 0.376 e. The molecule has 0 bridgehead atoms. The second kappa shape index (κ2) is 5.21. The van der Waals surface area contributed by atoms with Gasteiger partial charge in [-0.1, -0.05) is 6.07 Å². The molecule has 0 aliphatic heterocycles. The van der Waals surface area contributed by atoms with Gasteiger partial charge in [-0.2, -0.15) is 5.10 Å². The SMILES string of the molecule is CCn1cc(C(C)Nc2ccc(C)cc2F)cn1. The first-order chi connectivity index (χ1) is 8.60. The molecule has 1 aromatic heterocycles. The van der Waals surface area contributed by atoms with Gasteiger partial charge in [-0.05, 0) is 38.5 Å². The number of halogens is 1. The van der Waals surface area contributed by atoms with Crippen molar-refractivity contribution >= 4 is 5.69 Å². The lowest BCUT2D eigenvalue weighted by Gasteiger charge is -2.14. The molecule has 1 atom stereocenters. The van der Waals surface area contributed by atoms with E-state index in [1.165, 1.54) is 6.07 Å². The van der Waals surface area contributed by atoms with E-state index in [9.17, 15) is 4.39 Å². The van der Waals surface area contributed by atoms with E-state index in [-0.39, 0.29) is 11.9 Å². The molecule has 1 N–H and O–H groups in total. The molecule has 1 aromatic carbocycles. The molecule has 96 valence electrons. The number of hydrogen-bond acceptors (Lipinski definition) is 2. The minimum atomic E-state index is -0.218. The van der Waals surface area contributed by atoms with Gasteiger partial charge in [-0.25, -0.2) is 4.39 Å². The lowest BCUT2D eigenvalue weighted by Crippen LogP contribution is -2.07. The lowest BCUT2D eigenvalue weighted by molar-refractivity contribution is 0.626. The van der Waals surface area contributed by atoms with Gasteiger partial charge in [0.15, 0.2) is 0 Å². The molecule has 1 heterocycles. The van der Waals surface area contributed by atoms with Gasteiger partial charge in [-0.15, -0.1) is 0 Å². The second-order valence-corrected chi connectivity index (χ2v) is 4.48. The Kier molecular flexibility index (Phi) is 3.65. The van der Waals surface area contributed by atoms with Gasteiger partial charge in [0.05, 0.1) is 17.9 Å². The predicted molar refractivity (Wildman–Crippen MR) is 71.1 cm³/mol. The normalized spacial score (nSPS) is 12.4. The van der Waals surface area contributed by atoms with Crippen LogP contribution in [0.15, 0.2) is 30.6 Å². The highest BCUT2D eigenvalue weighted by molar-refractivity contribution is 5.47. The van der Waals surface area contributed by atoms with Crippen molar-refractivity contribution in [1.29, 1.82) is 0 Å². The van der Waals surface area contributed by atoms with Crippen molar-refractivity contribution in [2.75, 3.05) is 5.32 Å². The van der Waals surface area contributed by atoms with Crippen LogP contribution in [0.3, 0.4) is 0 Å². The van der Waals surface area contributed by atoms with Crippen LogP contribution in [0, 0.1) is 12.7 Å². The van der Waals surface area contributed by atoms with Crippen LogP contribution in [0.5, 0.6) is 0 Å². The third-order valence-electron chi connectivity index (χ3n) is 2.97. The first kappa shape index (κ1) is 12.6. The summed E-state index contributed by atoms with van der Waals surface area (Å²) in [4.78, 5) is 0. The summed E-state index contributed by atoms with van der Waals surface area (Å²) in [7, 11) is 0. The van der Waals surface area contributed by atoms with Crippen LogP contribution >= 0.6 is 0 Å². The maximum absolute atomic E-state index is 13.7. The second-order valence-electron chi connectivity index (χ2n) is 4.48. The molecule has 18 heavy (non-hydrogen) atoms. The van der Waals surface area contributed by atoms with Crippen LogP contribution < -0.4 is 5.32 Å². The Labute approximate surface area is 107 Å². The third-order valence-corrected chi connectivity index (χ3v) is 2.97. The molecule has 3 nitrogen and oxygen atoms in total. The Bertz CT molecular complexity index is 534. The molecular formula is C14H18FN3. The summed E-state index contributed by atoms with van der Waals surface area (Å²) in [5, 5.41) is 7.38. The summed E-state index contributed by atoms with van der Waals surface area (Å²) in [6, 6.07) is 5.23. The summed E-state index contributed by atoms with van der Waals surface area (Å²) in [5.74, 6) is -0.218. The molecule has 0 saturated carbocycles. The van der Waals surface area contributed by atoms with Crippen molar-refractivity contribution in [1.82, 2.24) is 9.78 Å². The summed E-state index contributed by atoms with van der Waals surface area (Å²) in [6.45, 7) is 6.75. The van der Waals surface area contributed by atoms with Gasteiger partial charge in [0.25, 0.3) is 0 Å². The number of hydrogen-bond donors (Lipinski definition) is 1. The van der Waals surface area contributed by atoms with Gasteiger partial charge in [0.1, 0.15) is 5.82 Å². The van der Waals surface area contributed by atoms with Crippen LogP contribution in [-0.4, -0.2) is 9.78 Å². The first-order valence-electron chi connectivity index (χ1n) is 6.15. The molecule has 2 aromatic rings. The Balaban J connectivity index is 2.13. The van der Waals surface area contributed by atoms with E-state index in [4.69, 9.17) is 0 Å². The van der Waals surface area contributed by atoms with Crippen LogP contribution in [0.1, 0.15) is 31.0 Å². The van der Waals surface area contributed by atoms with Gasteiger partial charge in [0, 0.05) is 18.3 Å². The number of rotatable bonds is 4. The van der Waals surface area contributed by atoms with Crippen LogP contribution in [0.4, 0.5) is 10.1 Å². The van der Waals surface area contributed by atoms with Crippen molar-refractivity contribution in [3.8, 4) is 0 Å². The quantitative estimate of drug-likeness (QED) is 0.895. The molecule has 0 spiro atoms. The molecular weight excluding hydrogens is 229 g/mol. The van der Waals surface area contributed by atoms with E-state index in [1.807, 2.05) is 43.9 Å². The Morgan fingerprint density at radius 1 is 1.44 bits per heavy atom. The zero-order valence-corrected chi connectivity index (χ0v) is 10.9. The number of anilines is 1. The van der Waals surface area contributed by atoms with Gasteiger partial charge >= 0.3 is 0 Å². The fourth-order valence-electron chi connectivity index (χ4n) is 1.83. The van der Waals surface area contributed by atoms with Crippen molar-refractivity contribution in [3.63, 3.8) is 0 Å². The maximum atomic E-state index is 13.7. The summed E-state index contributed by atoms with van der Waals surface area (Å²) in [5.41, 5.74) is 2.50. The number of nitrogens with zero attached hydrogens (tertiary/aromatic N) is 2. The predicted octanol–water partition coefficient (Wildman–Crippen LogP) is 3.52. The summed E-state index contributed by atoms with van der Waals surface area (Å²) >= 11 is 0. The van der Waals surface area contributed by atoms with Crippen molar-refractivity contribution in [2.24, 2.45) is 0 Å². The highest BCUT2D eigenvalue weighted by Crippen LogP contribution is 2.22. The number of nitrogens with one attached hydrogen (secondary N) is 1. The van der Waals surface area contributed by atoms with E-state index >= 15 is 0 Å². The van der Waals surface area contributed by atoms with Crippen LogP contribution in [-0.2, 0) is 6.54 Å². The van der Waals surface area contributed by atoms with Crippen LogP contribution in [0.2, 0.25) is 0 Å². The summed E-state index contributed by atoms with van der Waals surface area (Å²) < 4.78 is 15.6. The van der Waals surface area contributed by atoms with Crippen molar-refractivity contribution in [2.45, 2.75) is 33.4 Å². The van der Waals surface area contributed by atoms with Gasteiger partial charge < -0.3 is 5.32 Å². The molecule has 0 saturated heterocycles. The zero-order valence-electron chi connectivity index (χ0n) is 10.9. The lowest BCUT2D eigenvalue weighted by atomic mass is 10.1. The van der Waals surface area contributed by atoms with E-state index in [1.54, 1.807) is 6.07 Å². The standard InChI is InChI=1S/C14H18FN3/c1-4-18-9-12(8-16-18)11(3)17-14-6-5-10(2)7-13(14)15/h5-9,11,17H,4H2,1-3H3. The van der Waals surface area contributed by atoms with Crippen molar-refractivity contribution in [3.05, 3.63) is 47.5 Å². The Morgan fingerprint density at radius 3 is 2.83 bits per heavy atom. The van der Waals surface area contributed by atoms with E-state index in [0.717, 1.165) is 17.7 Å². The number of aryl methyl sites for hydroxylation is 2. The molecule has 0 aliphatic carbocycles. The van der Waals surface area contributed by atoms with Crippen molar-refractivity contribution < 1.29 is 4.39 Å². The minimum Gasteiger partial charge on any atom is -0.376 e. The van der Waals surface area contributed by atoms with Gasteiger partial charge in [0.2, 0.25) is 0 Å². The third kappa shape index (κ3) is 2.70. The number of benzene rings is 1. The zero-order chi connectivity index (χ0) is 13.1. The molecule has 0 radical (unpaired) electrons. The van der Waals surface area contributed by atoms with Crippen LogP contribution in [0.25, 0.3) is 0 Å². The fraction of sp³-hybridized carbons (Fsp3) is 0.357. The molecule has 2 rings (SSSR count).